The Morgan fingerprint density at radius 2 is 2.40 bits per heavy atom. The van der Waals surface area contributed by atoms with Crippen molar-refractivity contribution in [1.82, 2.24) is 5.32 Å². The lowest BCUT2D eigenvalue weighted by molar-refractivity contribution is 0.171. The summed E-state index contributed by atoms with van der Waals surface area (Å²) in [5, 5.41) is 2.54. The van der Waals surface area contributed by atoms with E-state index in [1.54, 1.807) is 0 Å². The van der Waals surface area contributed by atoms with Crippen LogP contribution in [-0.2, 0) is 4.74 Å². The lowest BCUT2D eigenvalue weighted by Gasteiger charge is -2.00. The molecule has 0 saturated heterocycles. The number of hydrogen-bond donors (Lipinski definition) is 1. The van der Waals surface area contributed by atoms with Crippen molar-refractivity contribution in [1.29, 1.82) is 0 Å². The summed E-state index contributed by atoms with van der Waals surface area (Å²) in [6.07, 6.45) is 0.396. The Kier molecular flexibility index (Phi) is 5.38. The van der Waals surface area contributed by atoms with Gasteiger partial charge in [-0.25, -0.2) is 4.79 Å². The molecule has 3 nitrogen and oxygen atoms in total. The Balaban J connectivity index is 3.20. The highest BCUT2D eigenvalue weighted by molar-refractivity contribution is 14.1. The number of alkyl carbamates (subject to hydrolysis) is 1. The number of ether oxygens (including phenoxy) is 1. The van der Waals surface area contributed by atoms with Crippen LogP contribution in [0.2, 0.25) is 0 Å². The average molecular weight is 255 g/mol. The minimum atomic E-state index is -0.391. The fourth-order valence-electron chi connectivity index (χ4n) is 0.372. The zero-order valence-corrected chi connectivity index (χ0v) is 7.97. The maximum Gasteiger partial charge on any atom is 0.406 e. The molecule has 1 amide bonds. The predicted molar refractivity (Wildman–Crippen MR) is 48.2 cm³/mol. The van der Waals surface area contributed by atoms with Gasteiger partial charge >= 0.3 is 6.09 Å². The van der Waals surface area contributed by atoms with Gasteiger partial charge in [-0.05, 0) is 32.6 Å². The summed E-state index contributed by atoms with van der Waals surface area (Å²) in [5.74, 6) is 0. The molecule has 58 valence electrons. The number of carbonyl (C=O) groups excluding carboxylic acids is 1. The molecule has 0 radical (unpaired) electrons. The number of rotatable bonds is 3. The van der Waals surface area contributed by atoms with E-state index in [0.29, 0.717) is 6.54 Å². The van der Waals surface area contributed by atoms with E-state index in [1.165, 1.54) is 7.11 Å². The highest BCUT2D eigenvalue weighted by Crippen LogP contribution is 2.04. The molecule has 0 aromatic carbocycles. The Hall–Kier alpha value is -0.260. The molecule has 0 rings (SSSR count). The molecule has 0 aromatic heterocycles. The van der Waals surface area contributed by atoms with Crippen molar-refractivity contribution in [2.45, 2.75) is 6.42 Å². The first-order chi connectivity index (χ1) is 4.66. The van der Waals surface area contributed by atoms with Crippen LogP contribution in [0.15, 0.2) is 10.2 Å². The molecule has 0 aliphatic rings. The van der Waals surface area contributed by atoms with E-state index in [1.807, 2.05) is 0 Å². The Morgan fingerprint density at radius 1 is 1.80 bits per heavy atom. The lowest BCUT2D eigenvalue weighted by atomic mass is 10.4. The third-order valence-electron chi connectivity index (χ3n) is 0.851. The van der Waals surface area contributed by atoms with Crippen LogP contribution in [0.4, 0.5) is 4.79 Å². The molecule has 0 saturated carbocycles. The maximum atomic E-state index is 10.4. The quantitative estimate of drug-likeness (QED) is 0.779. The number of carbonyl (C=O) groups is 1. The first-order valence-corrected chi connectivity index (χ1v) is 3.89. The Labute approximate surface area is 74.0 Å². The fourth-order valence-corrected chi connectivity index (χ4v) is 0.642. The number of halogens is 1. The van der Waals surface area contributed by atoms with Crippen LogP contribution in [0.1, 0.15) is 6.42 Å². The van der Waals surface area contributed by atoms with Crippen LogP contribution in [0.25, 0.3) is 0 Å². The van der Waals surface area contributed by atoms with Gasteiger partial charge in [0, 0.05) is 6.54 Å². The molecule has 0 spiro atoms. The second-order valence-corrected chi connectivity index (χ2v) is 3.21. The van der Waals surface area contributed by atoms with E-state index < -0.39 is 6.09 Å². The van der Waals surface area contributed by atoms with Crippen molar-refractivity contribution in [2.75, 3.05) is 13.7 Å². The van der Waals surface area contributed by atoms with Gasteiger partial charge in [0.25, 0.3) is 0 Å². The first-order valence-electron chi connectivity index (χ1n) is 2.82. The van der Waals surface area contributed by atoms with E-state index in [9.17, 15) is 4.79 Å². The standard InChI is InChI=1S/C6H10INO2/c1-5(7)3-4-8-6(9)10-2/h1,3-4H2,2H3,(H,8,9). The molecular weight excluding hydrogens is 245 g/mol. The molecule has 4 heteroatoms. The van der Waals surface area contributed by atoms with Crippen LogP contribution in [0.5, 0.6) is 0 Å². The van der Waals surface area contributed by atoms with Crippen molar-refractivity contribution in [3.05, 3.63) is 10.2 Å². The molecule has 0 fully saturated rings. The van der Waals surface area contributed by atoms with Crippen molar-refractivity contribution in [2.24, 2.45) is 0 Å². The molecule has 1 N–H and O–H groups in total. The van der Waals surface area contributed by atoms with E-state index in [-0.39, 0.29) is 0 Å². The summed E-state index contributed by atoms with van der Waals surface area (Å²) in [6.45, 7) is 4.26. The molecule has 10 heavy (non-hydrogen) atoms. The molecule has 0 bridgehead atoms. The van der Waals surface area contributed by atoms with Gasteiger partial charge in [-0.1, -0.05) is 6.58 Å². The van der Waals surface area contributed by atoms with Crippen molar-refractivity contribution >= 4 is 28.7 Å². The van der Waals surface area contributed by atoms with E-state index in [0.717, 1.165) is 10.0 Å². The van der Waals surface area contributed by atoms with Gasteiger partial charge < -0.3 is 10.1 Å². The first kappa shape index (κ1) is 9.74. The van der Waals surface area contributed by atoms with Crippen LogP contribution in [0, 0.1) is 0 Å². The summed E-state index contributed by atoms with van der Waals surface area (Å²) in [4.78, 5) is 10.4. The van der Waals surface area contributed by atoms with Crippen LogP contribution in [0.3, 0.4) is 0 Å². The summed E-state index contributed by atoms with van der Waals surface area (Å²) in [5.41, 5.74) is 0. The monoisotopic (exact) mass is 255 g/mol. The van der Waals surface area contributed by atoms with Gasteiger partial charge in [-0.15, -0.1) is 0 Å². The number of nitrogens with one attached hydrogen (secondary N) is 1. The molecule has 0 unspecified atom stereocenters. The van der Waals surface area contributed by atoms with E-state index in [2.05, 4.69) is 39.2 Å². The number of hydrogen-bond acceptors (Lipinski definition) is 2. The van der Waals surface area contributed by atoms with Gasteiger partial charge in [-0.2, -0.15) is 0 Å². The summed E-state index contributed by atoms with van der Waals surface area (Å²) in [7, 11) is 1.34. The zero-order chi connectivity index (χ0) is 7.98. The SMILES string of the molecule is C=C(I)CCNC(=O)OC. The maximum absolute atomic E-state index is 10.4. The number of amides is 1. The van der Waals surface area contributed by atoms with Gasteiger partial charge in [0.15, 0.2) is 0 Å². The summed E-state index contributed by atoms with van der Waals surface area (Å²) < 4.78 is 5.37. The Morgan fingerprint density at radius 3 is 2.80 bits per heavy atom. The zero-order valence-electron chi connectivity index (χ0n) is 5.82. The van der Waals surface area contributed by atoms with Crippen molar-refractivity contribution < 1.29 is 9.53 Å². The van der Waals surface area contributed by atoms with E-state index >= 15 is 0 Å². The second kappa shape index (κ2) is 5.52. The normalized spacial score (nSPS) is 8.60. The highest BCUT2D eigenvalue weighted by Gasteiger charge is 1.95. The lowest BCUT2D eigenvalue weighted by Crippen LogP contribution is -2.23. The van der Waals surface area contributed by atoms with Crippen molar-refractivity contribution in [3.63, 3.8) is 0 Å². The fraction of sp³-hybridized carbons (Fsp3) is 0.500. The Bertz CT molecular complexity index is 136. The second-order valence-electron chi connectivity index (χ2n) is 1.69. The van der Waals surface area contributed by atoms with Gasteiger partial charge in [0.2, 0.25) is 0 Å². The topological polar surface area (TPSA) is 38.3 Å². The van der Waals surface area contributed by atoms with E-state index in [4.69, 9.17) is 0 Å². The average Bonchev–Trinajstić information content (AvgIpc) is 1.87. The third-order valence-corrected chi connectivity index (χ3v) is 1.39. The number of methoxy groups -OCH3 is 1. The third kappa shape index (κ3) is 5.87. The van der Waals surface area contributed by atoms with Crippen LogP contribution in [-0.4, -0.2) is 19.7 Å². The van der Waals surface area contributed by atoms with Gasteiger partial charge in [0.05, 0.1) is 7.11 Å². The largest absolute Gasteiger partial charge is 0.453 e. The highest BCUT2D eigenvalue weighted by atomic mass is 127. The predicted octanol–water partition coefficient (Wildman–Crippen LogP) is 1.68. The molecule has 0 atom stereocenters. The summed E-state index contributed by atoms with van der Waals surface area (Å²) >= 11 is 2.11. The van der Waals surface area contributed by atoms with Crippen LogP contribution < -0.4 is 5.32 Å². The molecular formula is C6H10INO2. The molecule has 0 heterocycles. The minimum Gasteiger partial charge on any atom is -0.453 e. The molecule has 0 aliphatic heterocycles. The molecule has 0 aliphatic carbocycles. The summed E-state index contributed by atoms with van der Waals surface area (Å²) in [6, 6.07) is 0. The van der Waals surface area contributed by atoms with Gasteiger partial charge in [0.1, 0.15) is 0 Å². The smallest absolute Gasteiger partial charge is 0.406 e. The minimum absolute atomic E-state index is 0.391. The molecule has 0 aromatic rings. The van der Waals surface area contributed by atoms with Gasteiger partial charge in [-0.3, -0.25) is 0 Å². The van der Waals surface area contributed by atoms with Crippen molar-refractivity contribution in [3.8, 4) is 0 Å². The van der Waals surface area contributed by atoms with Crippen LogP contribution >= 0.6 is 22.6 Å².